The molecule has 1 heterocycles. The summed E-state index contributed by atoms with van der Waals surface area (Å²) in [6, 6.07) is 4.70. The van der Waals surface area contributed by atoms with Gasteiger partial charge in [-0.2, -0.15) is 0 Å². The number of rotatable bonds is 3. The van der Waals surface area contributed by atoms with Crippen molar-refractivity contribution in [2.75, 3.05) is 18.0 Å². The third-order valence-corrected chi connectivity index (χ3v) is 3.56. The Kier molecular flexibility index (Phi) is 4.42. The lowest BCUT2D eigenvalue weighted by atomic mass is 9.91. The maximum absolute atomic E-state index is 13.7. The number of hydrogen-bond acceptors (Lipinski definition) is 2. The van der Waals surface area contributed by atoms with Gasteiger partial charge in [0.2, 0.25) is 0 Å². The lowest BCUT2D eigenvalue weighted by Gasteiger charge is -2.36. The molecular weight excluding hydrogens is 257 g/mol. The van der Waals surface area contributed by atoms with E-state index in [1.807, 2.05) is 6.07 Å². The van der Waals surface area contributed by atoms with Crippen LogP contribution in [0, 0.1) is 17.7 Å². The van der Waals surface area contributed by atoms with Gasteiger partial charge in [-0.25, -0.2) is 9.18 Å². The van der Waals surface area contributed by atoms with Crippen LogP contribution in [-0.2, 0) is 4.79 Å². The summed E-state index contributed by atoms with van der Waals surface area (Å²) in [5.41, 5.74) is 1.40. The number of hydrogen-bond donors (Lipinski definition) is 1. The average Bonchev–Trinajstić information content (AvgIpc) is 2.34. The van der Waals surface area contributed by atoms with Crippen LogP contribution in [0.1, 0.15) is 25.8 Å². The van der Waals surface area contributed by atoms with E-state index in [2.05, 4.69) is 18.7 Å². The highest BCUT2D eigenvalue weighted by Crippen LogP contribution is 2.27. The van der Waals surface area contributed by atoms with Crippen molar-refractivity contribution in [3.05, 3.63) is 35.7 Å². The molecule has 108 valence electrons. The normalized spacial score (nSPS) is 23.2. The molecule has 2 rings (SSSR count). The molecule has 1 aromatic carbocycles. The first kappa shape index (κ1) is 14.6. The van der Waals surface area contributed by atoms with Gasteiger partial charge in [0, 0.05) is 24.9 Å². The van der Waals surface area contributed by atoms with E-state index in [9.17, 15) is 9.18 Å². The Morgan fingerprint density at radius 1 is 1.30 bits per heavy atom. The van der Waals surface area contributed by atoms with Gasteiger partial charge in [-0.15, -0.1) is 0 Å². The second-order valence-electron chi connectivity index (χ2n) is 5.77. The molecule has 20 heavy (non-hydrogen) atoms. The standard InChI is InChI=1S/C16H20FNO2/c1-11-5-12(2)10-18(9-11)15-7-13(3-4-16(19)20)6-14(17)8-15/h3-4,6-8,11-12H,5,9-10H2,1-2H3,(H,19,20)/b4-3+. The van der Waals surface area contributed by atoms with Crippen LogP contribution in [-0.4, -0.2) is 24.2 Å². The van der Waals surface area contributed by atoms with Gasteiger partial charge in [0.05, 0.1) is 0 Å². The van der Waals surface area contributed by atoms with Crippen LogP contribution in [0.4, 0.5) is 10.1 Å². The van der Waals surface area contributed by atoms with Gasteiger partial charge in [0.25, 0.3) is 0 Å². The number of anilines is 1. The predicted molar refractivity (Wildman–Crippen MR) is 78.2 cm³/mol. The summed E-state index contributed by atoms with van der Waals surface area (Å²) in [6.45, 7) is 6.23. The highest BCUT2D eigenvalue weighted by atomic mass is 19.1. The van der Waals surface area contributed by atoms with E-state index >= 15 is 0 Å². The molecule has 2 atom stereocenters. The number of aliphatic carboxylic acids is 1. The van der Waals surface area contributed by atoms with Crippen LogP contribution in [0.15, 0.2) is 24.3 Å². The summed E-state index contributed by atoms with van der Waals surface area (Å²) in [4.78, 5) is 12.7. The Morgan fingerprint density at radius 3 is 2.55 bits per heavy atom. The molecule has 0 amide bonds. The van der Waals surface area contributed by atoms with Gasteiger partial charge >= 0.3 is 5.97 Å². The number of nitrogens with zero attached hydrogens (tertiary/aromatic N) is 1. The average molecular weight is 277 g/mol. The van der Waals surface area contributed by atoms with Crippen molar-refractivity contribution >= 4 is 17.7 Å². The SMILES string of the molecule is CC1CC(C)CN(c2cc(F)cc(/C=C/C(=O)O)c2)C1. The molecule has 0 aliphatic carbocycles. The zero-order chi connectivity index (χ0) is 14.7. The fourth-order valence-corrected chi connectivity index (χ4v) is 2.92. The molecular formula is C16H20FNO2. The molecule has 0 radical (unpaired) electrons. The summed E-state index contributed by atoms with van der Waals surface area (Å²) in [6.07, 6.45) is 3.64. The first-order valence-electron chi connectivity index (χ1n) is 6.90. The van der Waals surface area contributed by atoms with Crippen molar-refractivity contribution in [3.63, 3.8) is 0 Å². The fraction of sp³-hybridized carbons (Fsp3) is 0.438. The van der Waals surface area contributed by atoms with E-state index < -0.39 is 5.97 Å². The molecule has 1 saturated heterocycles. The van der Waals surface area contributed by atoms with Crippen molar-refractivity contribution in [2.24, 2.45) is 11.8 Å². The van der Waals surface area contributed by atoms with Crippen LogP contribution in [0.3, 0.4) is 0 Å². The molecule has 0 aromatic heterocycles. The second kappa shape index (κ2) is 6.07. The van der Waals surface area contributed by atoms with Gasteiger partial charge in [-0.3, -0.25) is 0 Å². The van der Waals surface area contributed by atoms with E-state index in [0.29, 0.717) is 17.4 Å². The van der Waals surface area contributed by atoms with E-state index in [-0.39, 0.29) is 5.82 Å². The third-order valence-electron chi connectivity index (χ3n) is 3.56. The molecule has 0 saturated carbocycles. The van der Waals surface area contributed by atoms with E-state index in [1.165, 1.54) is 24.6 Å². The monoisotopic (exact) mass is 277 g/mol. The quantitative estimate of drug-likeness (QED) is 0.861. The number of piperidine rings is 1. The first-order chi connectivity index (χ1) is 9.44. The smallest absolute Gasteiger partial charge is 0.328 e. The van der Waals surface area contributed by atoms with E-state index in [4.69, 9.17) is 5.11 Å². The number of carbonyl (C=O) groups is 1. The zero-order valence-corrected chi connectivity index (χ0v) is 11.8. The lowest BCUT2D eigenvalue weighted by molar-refractivity contribution is -0.131. The maximum atomic E-state index is 13.7. The third kappa shape index (κ3) is 3.83. The highest BCUT2D eigenvalue weighted by molar-refractivity contribution is 5.85. The first-order valence-corrected chi connectivity index (χ1v) is 6.90. The molecule has 2 unspecified atom stereocenters. The van der Waals surface area contributed by atoms with Gasteiger partial charge < -0.3 is 10.0 Å². The summed E-state index contributed by atoms with van der Waals surface area (Å²) < 4.78 is 13.7. The number of carboxylic acids is 1. The summed E-state index contributed by atoms with van der Waals surface area (Å²) >= 11 is 0. The Bertz CT molecular complexity index is 517. The molecule has 1 aliphatic heterocycles. The van der Waals surface area contributed by atoms with Crippen LogP contribution >= 0.6 is 0 Å². The van der Waals surface area contributed by atoms with Crippen molar-refractivity contribution in [3.8, 4) is 0 Å². The Labute approximate surface area is 118 Å². The van der Waals surface area contributed by atoms with E-state index in [1.54, 1.807) is 0 Å². The summed E-state index contributed by atoms with van der Waals surface area (Å²) in [5.74, 6) is -0.200. The molecule has 0 spiro atoms. The van der Waals surface area contributed by atoms with Crippen LogP contribution < -0.4 is 4.90 Å². The maximum Gasteiger partial charge on any atom is 0.328 e. The summed E-state index contributed by atoms with van der Waals surface area (Å²) in [5, 5.41) is 8.64. The van der Waals surface area contributed by atoms with Crippen molar-refractivity contribution in [1.82, 2.24) is 0 Å². The van der Waals surface area contributed by atoms with Crippen molar-refractivity contribution in [1.29, 1.82) is 0 Å². The lowest BCUT2D eigenvalue weighted by Crippen LogP contribution is -2.38. The minimum absolute atomic E-state index is 0.335. The van der Waals surface area contributed by atoms with Crippen LogP contribution in [0.5, 0.6) is 0 Å². The zero-order valence-electron chi connectivity index (χ0n) is 11.8. The van der Waals surface area contributed by atoms with Crippen molar-refractivity contribution in [2.45, 2.75) is 20.3 Å². The summed E-state index contributed by atoms with van der Waals surface area (Å²) in [7, 11) is 0. The van der Waals surface area contributed by atoms with Gasteiger partial charge in [-0.05, 0) is 48.1 Å². The van der Waals surface area contributed by atoms with Crippen molar-refractivity contribution < 1.29 is 14.3 Å². The largest absolute Gasteiger partial charge is 0.478 e. The molecule has 1 aliphatic rings. The van der Waals surface area contributed by atoms with Gasteiger partial charge in [0.1, 0.15) is 5.82 Å². The Balaban J connectivity index is 2.25. The predicted octanol–water partition coefficient (Wildman–Crippen LogP) is 3.41. The van der Waals surface area contributed by atoms with Crippen LogP contribution in [0.25, 0.3) is 6.08 Å². The molecule has 1 fully saturated rings. The minimum atomic E-state index is -1.03. The van der Waals surface area contributed by atoms with E-state index in [0.717, 1.165) is 24.9 Å². The number of halogens is 1. The second-order valence-corrected chi connectivity index (χ2v) is 5.77. The number of carboxylic acid groups (broad SMARTS) is 1. The highest BCUT2D eigenvalue weighted by Gasteiger charge is 2.22. The molecule has 4 heteroatoms. The molecule has 1 aromatic rings. The molecule has 3 nitrogen and oxygen atoms in total. The van der Waals surface area contributed by atoms with Crippen LogP contribution in [0.2, 0.25) is 0 Å². The molecule has 0 bridgehead atoms. The van der Waals surface area contributed by atoms with Gasteiger partial charge in [-0.1, -0.05) is 13.8 Å². The molecule has 1 N–H and O–H groups in total. The number of benzene rings is 1. The topological polar surface area (TPSA) is 40.5 Å². The van der Waals surface area contributed by atoms with Gasteiger partial charge in [0.15, 0.2) is 0 Å². The minimum Gasteiger partial charge on any atom is -0.478 e. The Hall–Kier alpha value is -1.84. The fourth-order valence-electron chi connectivity index (χ4n) is 2.92. The Morgan fingerprint density at radius 2 is 1.95 bits per heavy atom.